The fourth-order valence-electron chi connectivity index (χ4n) is 2.58. The molecule has 1 N–H and O–H groups in total. The zero-order valence-electron chi connectivity index (χ0n) is 12.2. The third-order valence-electron chi connectivity index (χ3n) is 3.76. The molecule has 2 rings (SSSR count). The van der Waals surface area contributed by atoms with Crippen LogP contribution >= 0.6 is 0 Å². The van der Waals surface area contributed by atoms with E-state index >= 15 is 0 Å². The first-order valence-electron chi connectivity index (χ1n) is 6.76. The second kappa shape index (κ2) is 5.12. The summed E-state index contributed by atoms with van der Waals surface area (Å²) in [6, 6.07) is 3.93. The minimum Gasteiger partial charge on any atom is -0.477 e. The molecule has 0 fully saturated rings. The minimum atomic E-state index is -1.17. The van der Waals surface area contributed by atoms with Crippen molar-refractivity contribution in [3.05, 3.63) is 45.2 Å². The lowest BCUT2D eigenvalue weighted by atomic mass is 10.0. The number of aryl methyl sites for hydroxylation is 2. The highest BCUT2D eigenvalue weighted by Crippen LogP contribution is 2.23. The number of carboxylic acid groups (broad SMARTS) is 1. The third kappa shape index (κ3) is 2.22. The molecule has 0 bridgehead atoms. The molecule has 0 spiro atoms. The lowest BCUT2D eigenvalue weighted by Gasteiger charge is -2.20. The Bertz CT molecular complexity index is 743. The molecule has 0 radical (unpaired) electrons. The quantitative estimate of drug-likeness (QED) is 0.933. The van der Waals surface area contributed by atoms with E-state index in [1.165, 1.54) is 6.20 Å². The Balaban J connectivity index is 3.01. The molecule has 4 heteroatoms. The third-order valence-corrected chi connectivity index (χ3v) is 3.76. The molecule has 0 aliphatic rings. The molecule has 1 atom stereocenters. The van der Waals surface area contributed by atoms with Gasteiger partial charge >= 0.3 is 5.97 Å². The van der Waals surface area contributed by atoms with Gasteiger partial charge in [0.25, 0.3) is 0 Å². The van der Waals surface area contributed by atoms with Crippen LogP contribution in [0.1, 0.15) is 47.8 Å². The standard InChI is InChI=1S/C16H19NO3/c1-5-11(4)17-8-13(16(19)20)15(18)12-7-9(2)6-10(3)14(12)17/h6-8,11H,5H2,1-4H3,(H,19,20). The summed E-state index contributed by atoms with van der Waals surface area (Å²) in [5.74, 6) is -1.17. The van der Waals surface area contributed by atoms with Crippen molar-refractivity contribution in [2.75, 3.05) is 0 Å². The Morgan fingerprint density at radius 3 is 2.55 bits per heavy atom. The van der Waals surface area contributed by atoms with E-state index in [-0.39, 0.29) is 11.6 Å². The van der Waals surface area contributed by atoms with Gasteiger partial charge in [0.2, 0.25) is 5.43 Å². The average molecular weight is 273 g/mol. The predicted molar refractivity (Wildman–Crippen MR) is 79.6 cm³/mol. The van der Waals surface area contributed by atoms with Crippen LogP contribution in [0.3, 0.4) is 0 Å². The van der Waals surface area contributed by atoms with Crippen LogP contribution in [-0.4, -0.2) is 15.6 Å². The number of carboxylic acids is 1. The Morgan fingerprint density at radius 2 is 2.00 bits per heavy atom. The maximum Gasteiger partial charge on any atom is 0.341 e. The molecule has 0 saturated carbocycles. The number of aromatic carboxylic acids is 1. The summed E-state index contributed by atoms with van der Waals surface area (Å²) in [6.07, 6.45) is 2.34. The van der Waals surface area contributed by atoms with Gasteiger partial charge in [-0.15, -0.1) is 0 Å². The van der Waals surface area contributed by atoms with Crippen LogP contribution in [0, 0.1) is 13.8 Å². The van der Waals surface area contributed by atoms with Crippen molar-refractivity contribution < 1.29 is 9.90 Å². The number of pyridine rings is 1. The van der Waals surface area contributed by atoms with Crippen LogP contribution in [0.2, 0.25) is 0 Å². The molecule has 0 saturated heterocycles. The number of aromatic nitrogens is 1. The van der Waals surface area contributed by atoms with Gasteiger partial charge in [0, 0.05) is 17.6 Å². The lowest BCUT2D eigenvalue weighted by molar-refractivity contribution is 0.0694. The molecule has 0 aliphatic heterocycles. The van der Waals surface area contributed by atoms with Gasteiger partial charge in [-0.25, -0.2) is 4.79 Å². The van der Waals surface area contributed by atoms with Crippen molar-refractivity contribution in [1.29, 1.82) is 0 Å². The molecule has 1 unspecified atom stereocenters. The zero-order chi connectivity index (χ0) is 15.0. The van der Waals surface area contributed by atoms with Crippen LogP contribution in [0.5, 0.6) is 0 Å². The number of carbonyl (C=O) groups is 1. The number of rotatable bonds is 3. The Labute approximate surface area is 117 Å². The van der Waals surface area contributed by atoms with E-state index in [1.807, 2.05) is 38.3 Å². The molecule has 1 aromatic carbocycles. The van der Waals surface area contributed by atoms with Gasteiger partial charge in [-0.1, -0.05) is 13.0 Å². The Kier molecular flexibility index (Phi) is 3.66. The fraction of sp³-hybridized carbons (Fsp3) is 0.375. The van der Waals surface area contributed by atoms with Crippen molar-refractivity contribution in [3.63, 3.8) is 0 Å². The number of benzene rings is 1. The highest BCUT2D eigenvalue weighted by atomic mass is 16.4. The lowest BCUT2D eigenvalue weighted by Crippen LogP contribution is -2.21. The highest BCUT2D eigenvalue weighted by molar-refractivity contribution is 5.93. The molecule has 1 aromatic heterocycles. The van der Waals surface area contributed by atoms with Gasteiger partial charge in [0.1, 0.15) is 5.56 Å². The van der Waals surface area contributed by atoms with Gasteiger partial charge in [-0.2, -0.15) is 0 Å². The summed E-state index contributed by atoms with van der Waals surface area (Å²) in [5.41, 5.74) is 2.22. The van der Waals surface area contributed by atoms with Crippen molar-refractivity contribution >= 4 is 16.9 Å². The van der Waals surface area contributed by atoms with Gasteiger partial charge < -0.3 is 9.67 Å². The van der Waals surface area contributed by atoms with Crippen molar-refractivity contribution in [1.82, 2.24) is 4.57 Å². The molecular weight excluding hydrogens is 254 g/mol. The van der Waals surface area contributed by atoms with Crippen LogP contribution in [0.15, 0.2) is 23.1 Å². The number of hydrogen-bond donors (Lipinski definition) is 1. The molecule has 20 heavy (non-hydrogen) atoms. The molecule has 106 valence electrons. The maximum absolute atomic E-state index is 12.3. The van der Waals surface area contributed by atoms with Gasteiger partial charge in [-0.05, 0) is 44.4 Å². The normalized spacial score (nSPS) is 12.6. The fourth-order valence-corrected chi connectivity index (χ4v) is 2.58. The first-order valence-corrected chi connectivity index (χ1v) is 6.76. The molecule has 0 aliphatic carbocycles. The van der Waals surface area contributed by atoms with Gasteiger partial charge in [0.05, 0.1) is 5.52 Å². The van der Waals surface area contributed by atoms with Crippen LogP contribution in [0.4, 0.5) is 0 Å². The van der Waals surface area contributed by atoms with E-state index in [4.69, 9.17) is 0 Å². The monoisotopic (exact) mass is 273 g/mol. The second-order valence-electron chi connectivity index (χ2n) is 5.32. The first-order chi connectivity index (χ1) is 9.36. The van der Waals surface area contributed by atoms with Crippen molar-refractivity contribution in [2.24, 2.45) is 0 Å². The van der Waals surface area contributed by atoms with E-state index < -0.39 is 11.4 Å². The first kappa shape index (κ1) is 14.3. The molecular formula is C16H19NO3. The largest absolute Gasteiger partial charge is 0.477 e. The van der Waals surface area contributed by atoms with Crippen LogP contribution in [0.25, 0.3) is 10.9 Å². The number of nitrogens with zero attached hydrogens (tertiary/aromatic N) is 1. The topological polar surface area (TPSA) is 59.3 Å². The van der Waals surface area contributed by atoms with E-state index in [0.29, 0.717) is 5.39 Å². The van der Waals surface area contributed by atoms with E-state index in [0.717, 1.165) is 23.1 Å². The van der Waals surface area contributed by atoms with Crippen molar-refractivity contribution in [3.8, 4) is 0 Å². The summed E-state index contributed by atoms with van der Waals surface area (Å²) >= 11 is 0. The SMILES string of the molecule is CCC(C)n1cc(C(=O)O)c(=O)c2cc(C)cc(C)c21. The molecule has 0 amide bonds. The number of hydrogen-bond acceptors (Lipinski definition) is 2. The molecule has 4 nitrogen and oxygen atoms in total. The van der Waals surface area contributed by atoms with Crippen molar-refractivity contribution in [2.45, 2.75) is 40.2 Å². The summed E-state index contributed by atoms with van der Waals surface area (Å²) in [6.45, 7) is 7.93. The highest BCUT2D eigenvalue weighted by Gasteiger charge is 2.17. The number of fused-ring (bicyclic) bond motifs is 1. The second-order valence-corrected chi connectivity index (χ2v) is 5.32. The van der Waals surface area contributed by atoms with Gasteiger partial charge in [0.15, 0.2) is 0 Å². The minimum absolute atomic E-state index is 0.137. The predicted octanol–water partition coefficient (Wildman–Crippen LogP) is 3.29. The van der Waals surface area contributed by atoms with Gasteiger partial charge in [-0.3, -0.25) is 4.79 Å². The van der Waals surface area contributed by atoms with Crippen LogP contribution < -0.4 is 5.43 Å². The van der Waals surface area contributed by atoms with Crippen LogP contribution in [-0.2, 0) is 0 Å². The van der Waals surface area contributed by atoms with E-state index in [2.05, 4.69) is 0 Å². The average Bonchev–Trinajstić information content (AvgIpc) is 2.38. The maximum atomic E-state index is 12.3. The summed E-state index contributed by atoms with van der Waals surface area (Å²) in [5, 5.41) is 9.72. The summed E-state index contributed by atoms with van der Waals surface area (Å²) in [7, 11) is 0. The van der Waals surface area contributed by atoms with E-state index in [9.17, 15) is 14.7 Å². The Hall–Kier alpha value is -2.10. The summed E-state index contributed by atoms with van der Waals surface area (Å²) in [4.78, 5) is 23.6. The molecule has 1 heterocycles. The van der Waals surface area contributed by atoms with E-state index in [1.54, 1.807) is 6.07 Å². The molecule has 2 aromatic rings. The smallest absolute Gasteiger partial charge is 0.341 e. The summed E-state index contributed by atoms with van der Waals surface area (Å²) < 4.78 is 1.91. The zero-order valence-corrected chi connectivity index (χ0v) is 12.2. The Morgan fingerprint density at radius 1 is 1.35 bits per heavy atom.